The van der Waals surface area contributed by atoms with Crippen molar-refractivity contribution in [3.05, 3.63) is 66.4 Å². The molecular formula is C25H28N6OS. The van der Waals surface area contributed by atoms with E-state index in [1.165, 1.54) is 17.3 Å². The lowest BCUT2D eigenvalue weighted by Crippen LogP contribution is -2.28. The van der Waals surface area contributed by atoms with Crippen molar-refractivity contribution < 1.29 is 4.79 Å². The molecule has 0 saturated carbocycles. The van der Waals surface area contributed by atoms with Gasteiger partial charge in [0.2, 0.25) is 5.91 Å². The Labute approximate surface area is 198 Å². The summed E-state index contributed by atoms with van der Waals surface area (Å²) in [5, 5.41) is 12.4. The van der Waals surface area contributed by atoms with Gasteiger partial charge in [-0.2, -0.15) is 5.10 Å². The predicted molar refractivity (Wildman–Crippen MR) is 134 cm³/mol. The minimum atomic E-state index is -0.0105. The molecule has 0 unspecified atom stereocenters. The second-order valence-corrected chi connectivity index (χ2v) is 8.45. The van der Waals surface area contributed by atoms with E-state index in [0.717, 1.165) is 40.9 Å². The standard InChI is InChI=1S/C25H28N6OS/c1-3-13-27-23-21-17-28-31(24(21)30-25(29-23)33-2)15-14-26-22(32)16-18-9-11-20(12-10-18)19-7-5-4-6-8-19/h4-12,17H,3,13-16H2,1-2H3,(H,26,32)(H,27,29,30). The summed E-state index contributed by atoms with van der Waals surface area (Å²) in [6.07, 6.45) is 5.10. The van der Waals surface area contributed by atoms with Gasteiger partial charge >= 0.3 is 0 Å². The van der Waals surface area contributed by atoms with Crippen molar-refractivity contribution in [1.82, 2.24) is 25.1 Å². The zero-order chi connectivity index (χ0) is 23.0. The van der Waals surface area contributed by atoms with Crippen LogP contribution in [-0.2, 0) is 17.8 Å². The molecule has 0 atom stereocenters. The Hall–Kier alpha value is -3.39. The quantitative estimate of drug-likeness (QED) is 0.270. The van der Waals surface area contributed by atoms with E-state index in [1.54, 1.807) is 6.20 Å². The first-order valence-electron chi connectivity index (χ1n) is 11.1. The van der Waals surface area contributed by atoms with Crippen molar-refractivity contribution in [2.24, 2.45) is 0 Å². The molecule has 2 aromatic heterocycles. The van der Waals surface area contributed by atoms with Crippen molar-refractivity contribution in [3.63, 3.8) is 0 Å². The molecule has 0 aliphatic carbocycles. The lowest BCUT2D eigenvalue weighted by molar-refractivity contribution is -0.120. The molecule has 7 nitrogen and oxygen atoms in total. The molecule has 0 radical (unpaired) electrons. The topological polar surface area (TPSA) is 84.7 Å². The first kappa shape index (κ1) is 22.8. The molecule has 2 N–H and O–H groups in total. The third-order valence-electron chi connectivity index (χ3n) is 5.27. The van der Waals surface area contributed by atoms with Gasteiger partial charge in [-0.25, -0.2) is 14.6 Å². The fourth-order valence-corrected chi connectivity index (χ4v) is 3.92. The maximum atomic E-state index is 12.5. The number of nitrogens with one attached hydrogen (secondary N) is 2. The number of anilines is 1. The van der Waals surface area contributed by atoms with Crippen molar-refractivity contribution in [1.29, 1.82) is 0 Å². The number of fused-ring (bicyclic) bond motifs is 1. The molecule has 0 aliphatic rings. The average molecular weight is 461 g/mol. The van der Waals surface area contributed by atoms with Gasteiger partial charge < -0.3 is 10.6 Å². The molecule has 4 rings (SSSR count). The van der Waals surface area contributed by atoms with Crippen LogP contribution in [0.5, 0.6) is 0 Å². The second-order valence-electron chi connectivity index (χ2n) is 7.68. The van der Waals surface area contributed by atoms with Gasteiger partial charge in [0.05, 0.1) is 24.5 Å². The van der Waals surface area contributed by atoms with Crippen molar-refractivity contribution >= 4 is 34.5 Å². The first-order valence-corrected chi connectivity index (χ1v) is 12.3. The highest BCUT2D eigenvalue weighted by atomic mass is 32.2. The summed E-state index contributed by atoms with van der Waals surface area (Å²) in [7, 11) is 0. The van der Waals surface area contributed by atoms with Crippen LogP contribution in [0.3, 0.4) is 0 Å². The number of hydrogen-bond donors (Lipinski definition) is 2. The van der Waals surface area contributed by atoms with Crippen LogP contribution in [0.2, 0.25) is 0 Å². The number of carbonyl (C=O) groups excluding carboxylic acids is 1. The van der Waals surface area contributed by atoms with E-state index in [0.29, 0.717) is 24.7 Å². The predicted octanol–water partition coefficient (Wildman–Crippen LogP) is 4.40. The van der Waals surface area contributed by atoms with Gasteiger partial charge in [0.25, 0.3) is 0 Å². The number of benzene rings is 2. The van der Waals surface area contributed by atoms with Crippen molar-refractivity contribution in [3.8, 4) is 11.1 Å². The summed E-state index contributed by atoms with van der Waals surface area (Å²) in [4.78, 5) is 21.6. The Morgan fingerprint density at radius 2 is 1.76 bits per heavy atom. The maximum absolute atomic E-state index is 12.5. The monoisotopic (exact) mass is 460 g/mol. The molecule has 33 heavy (non-hydrogen) atoms. The summed E-state index contributed by atoms with van der Waals surface area (Å²) in [5.74, 6) is 0.795. The number of nitrogens with zero attached hydrogens (tertiary/aromatic N) is 4. The van der Waals surface area contributed by atoms with Gasteiger partial charge in [-0.3, -0.25) is 4.79 Å². The Bertz CT molecular complexity index is 1210. The minimum Gasteiger partial charge on any atom is -0.369 e. The molecule has 0 fully saturated rings. The smallest absolute Gasteiger partial charge is 0.224 e. The van der Waals surface area contributed by atoms with Gasteiger partial charge in [0, 0.05) is 13.1 Å². The van der Waals surface area contributed by atoms with E-state index in [1.807, 2.05) is 41.3 Å². The van der Waals surface area contributed by atoms with Crippen LogP contribution in [0.1, 0.15) is 18.9 Å². The summed E-state index contributed by atoms with van der Waals surface area (Å²) in [6.45, 7) is 3.98. The fraction of sp³-hybridized carbons (Fsp3) is 0.280. The normalized spacial score (nSPS) is 11.0. The van der Waals surface area contributed by atoms with Gasteiger partial charge in [-0.1, -0.05) is 73.3 Å². The van der Waals surface area contributed by atoms with Gasteiger partial charge in [0.15, 0.2) is 10.8 Å². The average Bonchev–Trinajstić information content (AvgIpc) is 3.26. The number of hydrogen-bond acceptors (Lipinski definition) is 6. The molecule has 0 bridgehead atoms. The highest BCUT2D eigenvalue weighted by molar-refractivity contribution is 7.98. The first-order chi connectivity index (χ1) is 16.2. The third-order valence-corrected chi connectivity index (χ3v) is 5.82. The largest absolute Gasteiger partial charge is 0.369 e. The maximum Gasteiger partial charge on any atom is 0.224 e. The highest BCUT2D eigenvalue weighted by Crippen LogP contribution is 2.23. The van der Waals surface area contributed by atoms with E-state index in [2.05, 4.69) is 56.9 Å². The van der Waals surface area contributed by atoms with E-state index in [4.69, 9.17) is 0 Å². The Kier molecular flexibility index (Phi) is 7.57. The fourth-order valence-electron chi connectivity index (χ4n) is 3.56. The second kappa shape index (κ2) is 11.0. The van der Waals surface area contributed by atoms with Crippen LogP contribution in [0, 0.1) is 0 Å². The number of amides is 1. The zero-order valence-corrected chi connectivity index (χ0v) is 19.7. The summed E-state index contributed by atoms with van der Waals surface area (Å²) in [6, 6.07) is 18.3. The molecule has 0 spiro atoms. The number of carbonyl (C=O) groups is 1. The highest BCUT2D eigenvalue weighted by Gasteiger charge is 2.13. The lowest BCUT2D eigenvalue weighted by Gasteiger charge is -2.09. The molecule has 1 amide bonds. The number of rotatable bonds is 10. The Balaban J connectivity index is 1.35. The molecule has 0 aliphatic heterocycles. The van der Waals surface area contributed by atoms with Crippen molar-refractivity contribution in [2.75, 3.05) is 24.7 Å². The number of aromatic nitrogens is 4. The van der Waals surface area contributed by atoms with Crippen LogP contribution in [-0.4, -0.2) is 45.0 Å². The SMILES string of the molecule is CCCNc1nc(SC)nc2c1cnn2CCNC(=O)Cc1ccc(-c2ccccc2)cc1. The van der Waals surface area contributed by atoms with Crippen LogP contribution < -0.4 is 10.6 Å². The Morgan fingerprint density at radius 1 is 1.00 bits per heavy atom. The van der Waals surface area contributed by atoms with E-state index < -0.39 is 0 Å². The zero-order valence-electron chi connectivity index (χ0n) is 18.9. The van der Waals surface area contributed by atoms with Crippen LogP contribution in [0.25, 0.3) is 22.2 Å². The molecular weight excluding hydrogens is 432 g/mol. The van der Waals surface area contributed by atoms with Gasteiger partial charge in [0.1, 0.15) is 5.82 Å². The molecule has 2 heterocycles. The van der Waals surface area contributed by atoms with Crippen molar-refractivity contribution in [2.45, 2.75) is 31.5 Å². The lowest BCUT2D eigenvalue weighted by atomic mass is 10.0. The van der Waals surface area contributed by atoms with E-state index in [9.17, 15) is 4.79 Å². The van der Waals surface area contributed by atoms with Gasteiger partial charge in [-0.15, -0.1) is 0 Å². The van der Waals surface area contributed by atoms with E-state index in [-0.39, 0.29) is 5.91 Å². The molecule has 0 saturated heterocycles. The van der Waals surface area contributed by atoms with Crippen LogP contribution >= 0.6 is 11.8 Å². The summed E-state index contributed by atoms with van der Waals surface area (Å²) >= 11 is 1.50. The molecule has 4 aromatic rings. The molecule has 2 aromatic carbocycles. The molecule has 170 valence electrons. The summed E-state index contributed by atoms with van der Waals surface area (Å²) < 4.78 is 1.82. The van der Waals surface area contributed by atoms with E-state index >= 15 is 0 Å². The van der Waals surface area contributed by atoms with Crippen LogP contribution in [0.15, 0.2) is 66.0 Å². The van der Waals surface area contributed by atoms with Gasteiger partial charge in [-0.05, 0) is 29.4 Å². The Morgan fingerprint density at radius 3 is 2.48 bits per heavy atom. The molecule has 8 heteroatoms. The minimum absolute atomic E-state index is 0.0105. The third kappa shape index (κ3) is 5.70. The number of thioether (sulfide) groups is 1. The summed E-state index contributed by atoms with van der Waals surface area (Å²) in [5.41, 5.74) is 4.07. The van der Waals surface area contributed by atoms with Crippen LogP contribution in [0.4, 0.5) is 5.82 Å².